The number of piperidine rings is 1. The van der Waals surface area contributed by atoms with Gasteiger partial charge in [0.25, 0.3) is 0 Å². The largest absolute Gasteiger partial charge is 0.497 e. The summed E-state index contributed by atoms with van der Waals surface area (Å²) in [5.74, 6) is 1.45. The first-order valence-electron chi connectivity index (χ1n) is 11.2. The fourth-order valence-corrected chi connectivity index (χ4v) is 4.82. The van der Waals surface area contributed by atoms with Gasteiger partial charge < -0.3 is 19.4 Å². The van der Waals surface area contributed by atoms with Gasteiger partial charge in [0.15, 0.2) is 0 Å². The zero-order valence-electron chi connectivity index (χ0n) is 19.4. The summed E-state index contributed by atoms with van der Waals surface area (Å²) in [5, 5.41) is 0. The Morgan fingerprint density at radius 3 is 2.33 bits per heavy atom. The molecule has 168 valence electrons. The Morgan fingerprint density at radius 1 is 1.17 bits per heavy atom. The van der Waals surface area contributed by atoms with Crippen LogP contribution < -0.4 is 4.74 Å². The van der Waals surface area contributed by atoms with Gasteiger partial charge in [-0.1, -0.05) is 43.5 Å². The minimum atomic E-state index is 0.514. The van der Waals surface area contributed by atoms with Crippen molar-refractivity contribution in [2.24, 2.45) is 5.92 Å². The molecule has 1 unspecified atom stereocenters. The lowest BCUT2D eigenvalue weighted by Gasteiger charge is -2.35. The van der Waals surface area contributed by atoms with Gasteiger partial charge in [0.1, 0.15) is 5.75 Å². The number of likely N-dealkylation sites (tertiary alicyclic amines) is 1. The Bertz CT molecular complexity index is 670. The molecule has 1 saturated heterocycles. The smallest absolute Gasteiger partial charge is 0.118 e. The number of nitrogens with zero attached hydrogens (tertiary/aromatic N) is 3. The van der Waals surface area contributed by atoms with Crippen LogP contribution in [0.2, 0.25) is 0 Å². The zero-order chi connectivity index (χ0) is 22.1. The molecule has 0 aromatic heterocycles. The number of likely N-dealkylation sites (N-methyl/N-ethyl adjacent to an activating group) is 1. The Kier molecular flexibility index (Phi) is 10.5. The Balaban J connectivity index is 1.73. The Labute approximate surface area is 194 Å². The van der Waals surface area contributed by atoms with Crippen LogP contribution >= 0.6 is 24.4 Å². The van der Waals surface area contributed by atoms with Crippen LogP contribution in [-0.2, 0) is 6.42 Å². The third-order valence-corrected chi connectivity index (χ3v) is 7.35. The third-order valence-electron chi connectivity index (χ3n) is 6.19. The fraction of sp³-hybridized carbons (Fsp3) is 0.667. The first-order valence-corrected chi connectivity index (χ1v) is 12.0. The molecule has 2 rings (SSSR count). The van der Waals surface area contributed by atoms with Crippen molar-refractivity contribution in [1.82, 2.24) is 14.7 Å². The number of ether oxygens (including phenoxy) is 1. The number of thiocarbonyl (C=S) groups is 2. The van der Waals surface area contributed by atoms with Crippen LogP contribution in [0.25, 0.3) is 0 Å². The number of benzene rings is 1. The second kappa shape index (κ2) is 12.6. The van der Waals surface area contributed by atoms with Crippen LogP contribution in [0.4, 0.5) is 0 Å². The van der Waals surface area contributed by atoms with Gasteiger partial charge in [0.05, 0.1) is 17.1 Å². The maximum absolute atomic E-state index is 5.76. The van der Waals surface area contributed by atoms with Gasteiger partial charge in [-0.15, -0.1) is 0 Å². The molecule has 0 radical (unpaired) electrons. The van der Waals surface area contributed by atoms with Gasteiger partial charge in [0, 0.05) is 39.1 Å². The highest BCUT2D eigenvalue weighted by Gasteiger charge is 2.24. The quantitative estimate of drug-likeness (QED) is 0.481. The van der Waals surface area contributed by atoms with Gasteiger partial charge in [-0.25, -0.2) is 0 Å². The molecule has 1 fully saturated rings. The summed E-state index contributed by atoms with van der Waals surface area (Å²) in [6.07, 6.45) is 5.43. The predicted octanol–water partition coefficient (Wildman–Crippen LogP) is 4.66. The lowest BCUT2D eigenvalue weighted by atomic mass is 9.96. The average molecular weight is 450 g/mol. The van der Waals surface area contributed by atoms with Crippen LogP contribution in [0.15, 0.2) is 24.3 Å². The summed E-state index contributed by atoms with van der Waals surface area (Å²) in [6.45, 7) is 8.82. The highest BCUT2D eigenvalue weighted by Crippen LogP contribution is 2.21. The zero-order valence-corrected chi connectivity index (χ0v) is 21.0. The van der Waals surface area contributed by atoms with Gasteiger partial charge in [-0.3, -0.25) is 0 Å². The highest BCUT2D eigenvalue weighted by atomic mass is 32.1. The molecule has 1 aromatic carbocycles. The molecule has 0 N–H and O–H groups in total. The van der Waals surface area contributed by atoms with E-state index in [2.05, 4.69) is 54.8 Å². The number of methoxy groups -OCH3 is 1. The minimum Gasteiger partial charge on any atom is -0.497 e. The van der Waals surface area contributed by atoms with Crippen molar-refractivity contribution in [2.75, 3.05) is 47.4 Å². The molecule has 1 aromatic rings. The minimum absolute atomic E-state index is 0.514. The molecule has 1 aliphatic heterocycles. The topological polar surface area (TPSA) is 19.0 Å². The molecule has 4 nitrogen and oxygen atoms in total. The van der Waals surface area contributed by atoms with Crippen LogP contribution in [0, 0.1) is 5.92 Å². The van der Waals surface area contributed by atoms with Crippen LogP contribution in [0.3, 0.4) is 0 Å². The second-order valence-corrected chi connectivity index (χ2v) is 9.41. The van der Waals surface area contributed by atoms with Crippen molar-refractivity contribution in [3.8, 4) is 5.75 Å². The molecule has 0 spiro atoms. The Morgan fingerprint density at radius 2 is 1.80 bits per heavy atom. The molecule has 0 amide bonds. The van der Waals surface area contributed by atoms with Crippen LogP contribution in [-0.4, -0.2) is 78.1 Å². The van der Waals surface area contributed by atoms with Crippen LogP contribution in [0.1, 0.15) is 45.1 Å². The van der Waals surface area contributed by atoms with E-state index in [0.717, 1.165) is 74.0 Å². The predicted molar refractivity (Wildman–Crippen MR) is 136 cm³/mol. The normalized spacial score (nSPS) is 15.9. The van der Waals surface area contributed by atoms with E-state index in [9.17, 15) is 0 Å². The fourth-order valence-electron chi connectivity index (χ4n) is 4.25. The molecule has 0 saturated carbocycles. The summed E-state index contributed by atoms with van der Waals surface area (Å²) in [6, 6.07) is 8.95. The average Bonchev–Trinajstić information content (AvgIpc) is 2.76. The summed E-state index contributed by atoms with van der Waals surface area (Å²) < 4.78 is 5.26. The van der Waals surface area contributed by atoms with Crippen molar-refractivity contribution in [2.45, 2.75) is 52.0 Å². The summed E-state index contributed by atoms with van der Waals surface area (Å²) in [5.41, 5.74) is 1.36. The van der Waals surface area contributed by atoms with Gasteiger partial charge >= 0.3 is 0 Å². The van der Waals surface area contributed by atoms with Crippen molar-refractivity contribution < 1.29 is 4.74 Å². The van der Waals surface area contributed by atoms with E-state index in [-0.39, 0.29) is 0 Å². The molecular formula is C24H39N3OS2. The number of hydrogen-bond donors (Lipinski definition) is 0. The van der Waals surface area contributed by atoms with E-state index in [0.29, 0.717) is 12.0 Å². The maximum Gasteiger partial charge on any atom is 0.118 e. The van der Waals surface area contributed by atoms with E-state index in [1.165, 1.54) is 5.56 Å². The number of hydrogen-bond acceptors (Lipinski definition) is 4. The van der Waals surface area contributed by atoms with E-state index >= 15 is 0 Å². The van der Waals surface area contributed by atoms with E-state index < -0.39 is 0 Å². The molecule has 6 heteroatoms. The summed E-state index contributed by atoms with van der Waals surface area (Å²) >= 11 is 11.3. The molecular weight excluding hydrogens is 410 g/mol. The van der Waals surface area contributed by atoms with Crippen molar-refractivity contribution >= 4 is 34.4 Å². The van der Waals surface area contributed by atoms with Crippen molar-refractivity contribution in [1.29, 1.82) is 0 Å². The molecule has 0 aliphatic carbocycles. The molecule has 1 atom stereocenters. The van der Waals surface area contributed by atoms with Gasteiger partial charge in [-0.05, 0) is 69.8 Å². The van der Waals surface area contributed by atoms with E-state index in [1.807, 2.05) is 12.1 Å². The standard InChI is InChI=1S/C24H39N3OS2/c1-6-26(19(2)18-20-9-11-22(28-5)12-10-20)15-7-8-23(29)27-16-13-21(14-17-27)24(30)25(3)4/h9-12,19,21H,6-8,13-18H2,1-5H3. The molecule has 1 aliphatic rings. The second-order valence-electron chi connectivity index (χ2n) is 8.52. The van der Waals surface area contributed by atoms with E-state index in [4.69, 9.17) is 29.2 Å². The lowest BCUT2D eigenvalue weighted by molar-refractivity contribution is 0.216. The number of rotatable bonds is 10. The maximum atomic E-state index is 5.76. The molecule has 1 heterocycles. The van der Waals surface area contributed by atoms with Crippen molar-refractivity contribution in [3.63, 3.8) is 0 Å². The summed E-state index contributed by atoms with van der Waals surface area (Å²) in [7, 11) is 5.81. The molecule has 0 bridgehead atoms. The van der Waals surface area contributed by atoms with Gasteiger partial charge in [-0.2, -0.15) is 0 Å². The third kappa shape index (κ3) is 7.47. The van der Waals surface area contributed by atoms with Gasteiger partial charge in [0.2, 0.25) is 0 Å². The van der Waals surface area contributed by atoms with E-state index in [1.54, 1.807) is 7.11 Å². The highest BCUT2D eigenvalue weighted by molar-refractivity contribution is 7.80. The Hall–Kier alpha value is -1.24. The first kappa shape index (κ1) is 25.0. The van der Waals surface area contributed by atoms with Crippen molar-refractivity contribution in [3.05, 3.63) is 29.8 Å². The lowest BCUT2D eigenvalue weighted by Crippen LogP contribution is -2.42. The summed E-state index contributed by atoms with van der Waals surface area (Å²) in [4.78, 5) is 9.27. The molecule has 30 heavy (non-hydrogen) atoms. The first-order chi connectivity index (χ1) is 14.3. The monoisotopic (exact) mass is 449 g/mol. The SMILES string of the molecule is CCN(CCCC(=S)N1CCC(C(=S)N(C)C)CC1)C(C)Cc1ccc(OC)cc1. The van der Waals surface area contributed by atoms with Crippen LogP contribution in [0.5, 0.6) is 5.75 Å².